The number of ether oxygens (including phenoxy) is 1. The van der Waals surface area contributed by atoms with Crippen LogP contribution in [0.2, 0.25) is 0 Å². The summed E-state index contributed by atoms with van der Waals surface area (Å²) in [6.45, 7) is 4.20. The second-order valence-electron chi connectivity index (χ2n) is 8.00. The van der Waals surface area contributed by atoms with Crippen molar-refractivity contribution in [3.05, 3.63) is 24.0 Å². The summed E-state index contributed by atoms with van der Waals surface area (Å²) in [5.74, 6) is 0.594. The Balaban J connectivity index is 1.59. The molecular weight excluding hydrogens is 354 g/mol. The van der Waals surface area contributed by atoms with E-state index in [1.807, 2.05) is 19.0 Å². The lowest BCUT2D eigenvalue weighted by Gasteiger charge is -2.45. The van der Waals surface area contributed by atoms with E-state index in [4.69, 9.17) is 4.74 Å². The number of hydrogen-bond acceptors (Lipinski definition) is 6. The van der Waals surface area contributed by atoms with Gasteiger partial charge in [-0.15, -0.1) is 0 Å². The van der Waals surface area contributed by atoms with Crippen LogP contribution in [-0.4, -0.2) is 73.3 Å². The SMILES string of the molecule is CN(C)c1ncc(C=CC(=O)NCC2(N3CCOCC3)CCCCCC2)cn1. The number of amides is 1. The Bertz CT molecular complexity index is 645. The standard InChI is InChI=1S/C21H33N5O2/c1-25(2)20-22-15-18(16-23-20)7-8-19(27)24-17-21(9-5-3-4-6-10-21)26-11-13-28-14-12-26/h7-8,15-16H,3-6,9-14,17H2,1-2H3,(H,24,27). The van der Waals surface area contributed by atoms with Gasteiger partial charge in [0.15, 0.2) is 0 Å². The number of hydrogen-bond donors (Lipinski definition) is 1. The van der Waals surface area contributed by atoms with Crippen LogP contribution in [0.25, 0.3) is 6.08 Å². The number of carbonyl (C=O) groups is 1. The van der Waals surface area contributed by atoms with Gasteiger partial charge in [0.1, 0.15) is 0 Å². The summed E-state index contributed by atoms with van der Waals surface area (Å²) >= 11 is 0. The Morgan fingerprint density at radius 2 is 1.82 bits per heavy atom. The molecule has 1 aliphatic heterocycles. The van der Waals surface area contributed by atoms with Crippen LogP contribution >= 0.6 is 0 Å². The van der Waals surface area contributed by atoms with Crippen molar-refractivity contribution in [1.82, 2.24) is 20.2 Å². The molecule has 1 aliphatic carbocycles. The van der Waals surface area contributed by atoms with Gasteiger partial charge in [0, 0.05) is 63.3 Å². The molecule has 154 valence electrons. The lowest BCUT2D eigenvalue weighted by Crippen LogP contribution is -2.58. The van der Waals surface area contributed by atoms with Gasteiger partial charge in [-0.3, -0.25) is 9.69 Å². The molecule has 1 N–H and O–H groups in total. The summed E-state index contributed by atoms with van der Waals surface area (Å²) in [6.07, 6.45) is 14.2. The fraction of sp³-hybridized carbons (Fsp3) is 0.667. The summed E-state index contributed by atoms with van der Waals surface area (Å²) in [5, 5.41) is 3.16. The zero-order chi connectivity index (χ0) is 19.8. The molecule has 0 bridgehead atoms. The Morgan fingerprint density at radius 3 is 2.43 bits per heavy atom. The molecule has 2 heterocycles. The van der Waals surface area contributed by atoms with Gasteiger partial charge in [0.2, 0.25) is 11.9 Å². The smallest absolute Gasteiger partial charge is 0.244 e. The van der Waals surface area contributed by atoms with E-state index in [9.17, 15) is 4.79 Å². The number of aromatic nitrogens is 2. The minimum absolute atomic E-state index is 0.0615. The molecular formula is C21H33N5O2. The molecule has 1 aromatic rings. The van der Waals surface area contributed by atoms with Gasteiger partial charge in [0.05, 0.1) is 13.2 Å². The predicted molar refractivity (Wildman–Crippen MR) is 111 cm³/mol. The Labute approximate surface area is 168 Å². The van der Waals surface area contributed by atoms with Gasteiger partial charge in [-0.2, -0.15) is 0 Å². The fourth-order valence-electron chi connectivity index (χ4n) is 4.16. The summed E-state index contributed by atoms with van der Waals surface area (Å²) in [7, 11) is 3.80. The van der Waals surface area contributed by atoms with E-state index < -0.39 is 0 Å². The number of nitrogens with zero attached hydrogens (tertiary/aromatic N) is 4. The first-order valence-corrected chi connectivity index (χ1v) is 10.4. The highest BCUT2D eigenvalue weighted by Gasteiger charge is 2.37. The van der Waals surface area contributed by atoms with Crippen LogP contribution in [0.5, 0.6) is 0 Å². The van der Waals surface area contributed by atoms with E-state index in [1.165, 1.54) is 25.7 Å². The molecule has 2 aliphatic rings. The third-order valence-electron chi connectivity index (χ3n) is 5.79. The average Bonchev–Trinajstić information content (AvgIpc) is 2.98. The zero-order valence-electron chi connectivity index (χ0n) is 17.2. The van der Waals surface area contributed by atoms with Gasteiger partial charge in [-0.05, 0) is 18.9 Å². The van der Waals surface area contributed by atoms with Gasteiger partial charge in [-0.25, -0.2) is 9.97 Å². The van der Waals surface area contributed by atoms with E-state index in [2.05, 4.69) is 20.2 Å². The molecule has 7 heteroatoms. The van der Waals surface area contributed by atoms with Gasteiger partial charge in [-0.1, -0.05) is 25.7 Å². The summed E-state index contributed by atoms with van der Waals surface area (Å²) < 4.78 is 5.55. The lowest BCUT2D eigenvalue weighted by molar-refractivity contribution is -0.117. The maximum absolute atomic E-state index is 12.5. The Hall–Kier alpha value is -1.99. The zero-order valence-corrected chi connectivity index (χ0v) is 17.2. The van der Waals surface area contributed by atoms with Crippen LogP contribution in [-0.2, 0) is 9.53 Å². The van der Waals surface area contributed by atoms with Crippen LogP contribution in [0.1, 0.15) is 44.1 Å². The van der Waals surface area contributed by atoms with Crippen LogP contribution in [0, 0.1) is 0 Å². The predicted octanol–water partition coefficient (Wildman–Crippen LogP) is 2.10. The maximum Gasteiger partial charge on any atom is 0.244 e. The van der Waals surface area contributed by atoms with Crippen molar-refractivity contribution < 1.29 is 9.53 Å². The summed E-state index contributed by atoms with van der Waals surface area (Å²) in [6, 6.07) is 0. The van der Waals surface area contributed by atoms with Gasteiger partial charge < -0.3 is 15.0 Å². The number of anilines is 1. The van der Waals surface area contributed by atoms with Crippen LogP contribution in [0.3, 0.4) is 0 Å². The first-order valence-electron chi connectivity index (χ1n) is 10.4. The molecule has 0 atom stereocenters. The summed E-state index contributed by atoms with van der Waals surface area (Å²) in [4.78, 5) is 25.4. The normalized spacial score (nSPS) is 20.6. The molecule has 0 radical (unpaired) electrons. The molecule has 0 aromatic carbocycles. The van der Waals surface area contributed by atoms with Crippen LogP contribution in [0.15, 0.2) is 18.5 Å². The van der Waals surface area contributed by atoms with Crippen molar-refractivity contribution in [2.75, 3.05) is 51.8 Å². The van der Waals surface area contributed by atoms with Crippen molar-refractivity contribution in [3.63, 3.8) is 0 Å². The van der Waals surface area contributed by atoms with Gasteiger partial charge in [0.25, 0.3) is 0 Å². The van der Waals surface area contributed by atoms with E-state index in [0.717, 1.165) is 44.7 Å². The van der Waals surface area contributed by atoms with E-state index in [1.54, 1.807) is 24.5 Å². The molecule has 0 spiro atoms. The second-order valence-corrected chi connectivity index (χ2v) is 8.00. The van der Waals surface area contributed by atoms with Crippen molar-refractivity contribution in [3.8, 4) is 0 Å². The number of rotatable bonds is 6. The summed E-state index contributed by atoms with van der Waals surface area (Å²) in [5.41, 5.74) is 0.887. The largest absolute Gasteiger partial charge is 0.379 e. The third-order valence-corrected chi connectivity index (χ3v) is 5.79. The molecule has 1 aromatic heterocycles. The maximum atomic E-state index is 12.5. The first-order chi connectivity index (χ1) is 13.6. The molecule has 7 nitrogen and oxygen atoms in total. The third kappa shape index (κ3) is 5.52. The number of nitrogens with one attached hydrogen (secondary N) is 1. The Kier molecular flexibility index (Phi) is 7.39. The molecule has 1 saturated carbocycles. The average molecular weight is 388 g/mol. The number of carbonyl (C=O) groups excluding carboxylic acids is 1. The fourth-order valence-corrected chi connectivity index (χ4v) is 4.16. The van der Waals surface area contributed by atoms with Crippen molar-refractivity contribution in [2.24, 2.45) is 0 Å². The quantitative estimate of drug-likeness (QED) is 0.595. The van der Waals surface area contributed by atoms with Crippen molar-refractivity contribution in [1.29, 1.82) is 0 Å². The van der Waals surface area contributed by atoms with E-state index >= 15 is 0 Å². The van der Waals surface area contributed by atoms with Crippen LogP contribution < -0.4 is 10.2 Å². The molecule has 1 saturated heterocycles. The highest BCUT2D eigenvalue weighted by atomic mass is 16.5. The minimum Gasteiger partial charge on any atom is -0.379 e. The monoisotopic (exact) mass is 387 g/mol. The minimum atomic E-state index is -0.0615. The molecule has 0 unspecified atom stereocenters. The van der Waals surface area contributed by atoms with Crippen LogP contribution in [0.4, 0.5) is 5.95 Å². The van der Waals surface area contributed by atoms with Crippen molar-refractivity contribution in [2.45, 2.75) is 44.1 Å². The lowest BCUT2D eigenvalue weighted by atomic mass is 9.87. The van der Waals surface area contributed by atoms with Gasteiger partial charge >= 0.3 is 0 Å². The second kappa shape index (κ2) is 9.98. The van der Waals surface area contributed by atoms with E-state index in [0.29, 0.717) is 12.5 Å². The number of morpholine rings is 1. The molecule has 1 amide bonds. The highest BCUT2D eigenvalue weighted by molar-refractivity contribution is 5.91. The highest BCUT2D eigenvalue weighted by Crippen LogP contribution is 2.32. The molecule has 2 fully saturated rings. The Morgan fingerprint density at radius 1 is 1.18 bits per heavy atom. The molecule has 28 heavy (non-hydrogen) atoms. The topological polar surface area (TPSA) is 70.6 Å². The molecule has 3 rings (SSSR count). The first kappa shape index (κ1) is 20.7. The van der Waals surface area contributed by atoms with E-state index in [-0.39, 0.29) is 11.4 Å². The van der Waals surface area contributed by atoms with Crippen molar-refractivity contribution >= 4 is 17.9 Å².